The third-order valence-corrected chi connectivity index (χ3v) is 2.59. The lowest BCUT2D eigenvalue weighted by molar-refractivity contribution is 0.0732. The minimum absolute atomic E-state index is 0.0316. The number of anilines is 1. The van der Waals surface area contributed by atoms with E-state index >= 15 is 0 Å². The van der Waals surface area contributed by atoms with Gasteiger partial charge in [0.15, 0.2) is 0 Å². The van der Waals surface area contributed by atoms with Gasteiger partial charge in [-0.3, -0.25) is 0 Å². The van der Waals surface area contributed by atoms with Gasteiger partial charge in [-0.2, -0.15) is 0 Å². The Morgan fingerprint density at radius 2 is 1.94 bits per heavy atom. The molecule has 0 aliphatic heterocycles. The molecule has 0 fully saturated rings. The molecule has 0 unspecified atom stereocenters. The van der Waals surface area contributed by atoms with E-state index in [1.54, 1.807) is 24.3 Å². The molecule has 2 aromatic carbocycles. The molecule has 3 N–H and O–H groups in total. The van der Waals surface area contributed by atoms with Gasteiger partial charge in [-0.1, -0.05) is 23.7 Å². The monoisotopic (exact) mass is 263 g/mol. The van der Waals surface area contributed by atoms with Crippen LogP contribution in [-0.2, 0) is 0 Å². The molecule has 0 amide bonds. The normalized spacial score (nSPS) is 10.1. The van der Waals surface area contributed by atoms with Crippen LogP contribution in [0.4, 0.5) is 5.69 Å². The molecule has 0 aromatic heterocycles. The number of carbonyl (C=O) groups is 1. The van der Waals surface area contributed by atoms with Crippen LogP contribution in [0.25, 0.3) is 0 Å². The summed E-state index contributed by atoms with van der Waals surface area (Å²) in [4.78, 5) is 11.8. The second kappa shape index (κ2) is 4.98. The SMILES string of the molecule is Nc1ccc(C(=O)Oc2ccccc2Cl)c(O)c1. The molecular weight excluding hydrogens is 254 g/mol. The standard InChI is InChI=1S/C13H10ClNO3/c14-10-3-1-2-4-12(10)18-13(17)9-6-5-8(15)7-11(9)16/h1-7,16H,15H2. The maximum absolute atomic E-state index is 11.8. The Bertz CT molecular complexity index is 599. The minimum Gasteiger partial charge on any atom is -0.507 e. The molecule has 0 atom stereocenters. The lowest BCUT2D eigenvalue weighted by atomic mass is 10.2. The number of phenolic OH excluding ortho intramolecular Hbond substituents is 1. The van der Waals surface area contributed by atoms with E-state index in [0.29, 0.717) is 10.7 Å². The number of esters is 1. The van der Waals surface area contributed by atoms with Gasteiger partial charge in [-0.05, 0) is 24.3 Å². The second-order valence-corrected chi connectivity index (χ2v) is 4.00. The van der Waals surface area contributed by atoms with Crippen LogP contribution in [-0.4, -0.2) is 11.1 Å². The van der Waals surface area contributed by atoms with E-state index in [2.05, 4.69) is 0 Å². The van der Waals surface area contributed by atoms with Crippen LogP contribution in [0.3, 0.4) is 0 Å². The van der Waals surface area contributed by atoms with Gasteiger partial charge in [0, 0.05) is 11.8 Å². The van der Waals surface area contributed by atoms with Gasteiger partial charge in [0.1, 0.15) is 17.1 Å². The number of phenols is 1. The number of hydrogen-bond acceptors (Lipinski definition) is 4. The average Bonchev–Trinajstić information content (AvgIpc) is 2.32. The number of rotatable bonds is 2. The van der Waals surface area contributed by atoms with Gasteiger partial charge >= 0.3 is 5.97 Å². The van der Waals surface area contributed by atoms with Crippen molar-refractivity contribution < 1.29 is 14.6 Å². The van der Waals surface area contributed by atoms with E-state index in [1.165, 1.54) is 18.2 Å². The van der Waals surface area contributed by atoms with Crippen molar-refractivity contribution in [1.29, 1.82) is 0 Å². The van der Waals surface area contributed by atoms with Gasteiger partial charge < -0.3 is 15.6 Å². The highest BCUT2D eigenvalue weighted by Gasteiger charge is 2.14. The maximum atomic E-state index is 11.8. The number of halogens is 1. The first-order chi connectivity index (χ1) is 8.58. The second-order valence-electron chi connectivity index (χ2n) is 3.60. The van der Waals surface area contributed by atoms with E-state index in [1.807, 2.05) is 0 Å². The third kappa shape index (κ3) is 2.55. The van der Waals surface area contributed by atoms with E-state index in [-0.39, 0.29) is 17.1 Å². The maximum Gasteiger partial charge on any atom is 0.347 e. The van der Waals surface area contributed by atoms with E-state index in [4.69, 9.17) is 22.1 Å². The van der Waals surface area contributed by atoms with Crippen molar-refractivity contribution in [3.8, 4) is 11.5 Å². The Labute approximate surface area is 109 Å². The Balaban J connectivity index is 2.25. The Morgan fingerprint density at radius 1 is 1.22 bits per heavy atom. The highest BCUT2D eigenvalue weighted by Crippen LogP contribution is 2.26. The van der Waals surface area contributed by atoms with Crippen molar-refractivity contribution >= 4 is 23.3 Å². The van der Waals surface area contributed by atoms with Gasteiger partial charge in [-0.25, -0.2) is 4.79 Å². The van der Waals surface area contributed by atoms with Crippen molar-refractivity contribution in [3.63, 3.8) is 0 Å². The van der Waals surface area contributed by atoms with Crippen LogP contribution in [0.2, 0.25) is 5.02 Å². The molecule has 5 heteroatoms. The quantitative estimate of drug-likeness (QED) is 0.496. The molecule has 2 rings (SSSR count). The van der Waals surface area contributed by atoms with Crippen LogP contribution < -0.4 is 10.5 Å². The topological polar surface area (TPSA) is 72.6 Å². The fourth-order valence-electron chi connectivity index (χ4n) is 1.40. The summed E-state index contributed by atoms with van der Waals surface area (Å²) in [5.74, 6) is -0.687. The first-order valence-corrected chi connectivity index (χ1v) is 5.51. The molecule has 0 saturated carbocycles. The lowest BCUT2D eigenvalue weighted by Crippen LogP contribution is -2.09. The van der Waals surface area contributed by atoms with Crippen molar-refractivity contribution in [2.24, 2.45) is 0 Å². The zero-order chi connectivity index (χ0) is 13.1. The molecule has 4 nitrogen and oxygen atoms in total. The summed E-state index contributed by atoms with van der Waals surface area (Å²) in [5.41, 5.74) is 5.87. The highest BCUT2D eigenvalue weighted by molar-refractivity contribution is 6.32. The summed E-state index contributed by atoms with van der Waals surface area (Å²) < 4.78 is 5.08. The van der Waals surface area contributed by atoms with Crippen molar-refractivity contribution in [2.75, 3.05) is 5.73 Å². The van der Waals surface area contributed by atoms with Crippen LogP contribution in [0.15, 0.2) is 42.5 Å². The smallest absolute Gasteiger partial charge is 0.347 e. The van der Waals surface area contributed by atoms with E-state index < -0.39 is 5.97 Å². The zero-order valence-electron chi connectivity index (χ0n) is 9.26. The molecular formula is C13H10ClNO3. The van der Waals surface area contributed by atoms with Gasteiger partial charge in [0.25, 0.3) is 0 Å². The predicted molar refractivity (Wildman–Crippen MR) is 68.9 cm³/mol. The number of carbonyl (C=O) groups excluding carboxylic acids is 1. The van der Waals surface area contributed by atoms with Crippen molar-refractivity contribution in [2.45, 2.75) is 0 Å². The molecule has 0 aliphatic rings. The molecule has 2 aromatic rings. The first kappa shape index (κ1) is 12.3. The fraction of sp³-hybridized carbons (Fsp3) is 0. The van der Waals surface area contributed by atoms with E-state index in [9.17, 15) is 9.90 Å². The molecule has 18 heavy (non-hydrogen) atoms. The summed E-state index contributed by atoms with van der Waals surface area (Å²) in [7, 11) is 0. The lowest BCUT2D eigenvalue weighted by Gasteiger charge is -2.07. The minimum atomic E-state index is -0.694. The molecule has 0 radical (unpaired) electrons. The number of hydrogen-bond donors (Lipinski definition) is 2. The molecule has 0 heterocycles. The number of nitrogens with two attached hydrogens (primary N) is 1. The van der Waals surface area contributed by atoms with Gasteiger partial charge in [-0.15, -0.1) is 0 Å². The Morgan fingerprint density at radius 3 is 2.61 bits per heavy atom. The molecule has 0 aliphatic carbocycles. The predicted octanol–water partition coefficient (Wildman–Crippen LogP) is 2.85. The van der Waals surface area contributed by atoms with Crippen LogP contribution in [0.1, 0.15) is 10.4 Å². The first-order valence-electron chi connectivity index (χ1n) is 5.13. The Hall–Kier alpha value is -2.20. The number of para-hydroxylation sites is 1. The fourth-order valence-corrected chi connectivity index (χ4v) is 1.58. The van der Waals surface area contributed by atoms with Gasteiger partial charge in [0.2, 0.25) is 0 Å². The molecule has 0 saturated heterocycles. The zero-order valence-corrected chi connectivity index (χ0v) is 10.0. The van der Waals surface area contributed by atoms with Crippen LogP contribution in [0.5, 0.6) is 11.5 Å². The molecule has 0 spiro atoms. The van der Waals surface area contributed by atoms with Crippen molar-refractivity contribution in [3.05, 3.63) is 53.1 Å². The Kier molecular flexibility index (Phi) is 3.39. The van der Waals surface area contributed by atoms with E-state index in [0.717, 1.165) is 0 Å². The summed E-state index contributed by atoms with van der Waals surface area (Å²) in [6.45, 7) is 0. The number of ether oxygens (including phenoxy) is 1. The average molecular weight is 264 g/mol. The molecule has 0 bridgehead atoms. The van der Waals surface area contributed by atoms with Crippen LogP contribution in [0, 0.1) is 0 Å². The van der Waals surface area contributed by atoms with Crippen molar-refractivity contribution in [1.82, 2.24) is 0 Å². The number of benzene rings is 2. The number of nitrogen functional groups attached to an aromatic ring is 1. The van der Waals surface area contributed by atoms with Crippen LogP contribution >= 0.6 is 11.6 Å². The third-order valence-electron chi connectivity index (χ3n) is 2.28. The molecule has 92 valence electrons. The summed E-state index contributed by atoms with van der Waals surface area (Å²) in [5, 5.41) is 9.92. The largest absolute Gasteiger partial charge is 0.507 e. The summed E-state index contributed by atoms with van der Waals surface area (Å²) in [6, 6.07) is 10.8. The highest BCUT2D eigenvalue weighted by atomic mass is 35.5. The summed E-state index contributed by atoms with van der Waals surface area (Å²) >= 11 is 5.86. The number of aromatic hydroxyl groups is 1. The van der Waals surface area contributed by atoms with Gasteiger partial charge in [0.05, 0.1) is 5.02 Å². The summed E-state index contributed by atoms with van der Waals surface area (Å²) in [6.07, 6.45) is 0.